The van der Waals surface area contributed by atoms with Crippen molar-refractivity contribution in [2.24, 2.45) is 0 Å². The normalized spacial score (nSPS) is 11.6. The van der Waals surface area contributed by atoms with Gasteiger partial charge in [-0.1, -0.05) is 43.7 Å². The number of hydrogen-bond acceptors (Lipinski definition) is 2. The van der Waals surface area contributed by atoms with Crippen LogP contribution in [0.1, 0.15) is 13.3 Å². The van der Waals surface area contributed by atoms with Crippen molar-refractivity contribution in [1.29, 1.82) is 0 Å². The van der Waals surface area contributed by atoms with Crippen molar-refractivity contribution >= 4 is 13.7 Å². The maximum Gasteiger partial charge on any atom is 0.367 e. The zero-order valence-corrected chi connectivity index (χ0v) is 8.20. The lowest BCUT2D eigenvalue weighted by Crippen LogP contribution is -2.48. The monoisotopic (exact) mass is 182 g/mol. The fourth-order valence-corrected chi connectivity index (χ4v) is 2.91. The Morgan fingerprint density at radius 3 is 2.25 bits per heavy atom. The van der Waals surface area contributed by atoms with Crippen molar-refractivity contribution in [2.75, 3.05) is 0 Å². The van der Waals surface area contributed by atoms with Gasteiger partial charge in [0.2, 0.25) is 0 Å². The molecule has 0 fully saturated rings. The average Bonchev–Trinajstić information content (AvgIpc) is 2.06. The van der Waals surface area contributed by atoms with Crippen LogP contribution in [-0.4, -0.2) is 18.2 Å². The van der Waals surface area contributed by atoms with E-state index in [-0.39, 0.29) is 0 Å². The molecule has 0 bridgehead atoms. The largest absolute Gasteiger partial charge is 0.407 e. The highest BCUT2D eigenvalue weighted by Gasteiger charge is 2.29. The molecule has 2 nitrogen and oxygen atoms in total. The number of hydrogen-bond donors (Lipinski definition) is 2. The molecule has 0 amide bonds. The molecule has 0 aliphatic rings. The lowest BCUT2D eigenvalue weighted by molar-refractivity contribution is 0.378. The van der Waals surface area contributed by atoms with E-state index in [4.69, 9.17) is 0 Å². The van der Waals surface area contributed by atoms with Crippen molar-refractivity contribution < 1.29 is 9.59 Å². The van der Waals surface area contributed by atoms with Crippen molar-refractivity contribution in [3.05, 3.63) is 30.3 Å². The third kappa shape index (κ3) is 2.17. The highest BCUT2D eigenvalue weighted by atomic mass is 28.4. The van der Waals surface area contributed by atoms with E-state index in [2.05, 4.69) is 0 Å². The molecule has 0 atom stereocenters. The van der Waals surface area contributed by atoms with Crippen LogP contribution < -0.4 is 5.19 Å². The van der Waals surface area contributed by atoms with Crippen molar-refractivity contribution in [3.63, 3.8) is 0 Å². The molecule has 0 spiro atoms. The fourth-order valence-electron chi connectivity index (χ4n) is 1.20. The van der Waals surface area contributed by atoms with Crippen LogP contribution in [0.3, 0.4) is 0 Å². The zero-order chi connectivity index (χ0) is 9.03. The first kappa shape index (κ1) is 9.44. The first-order valence-corrected chi connectivity index (χ1v) is 6.27. The van der Waals surface area contributed by atoms with Crippen molar-refractivity contribution in [2.45, 2.75) is 19.4 Å². The Morgan fingerprint density at radius 1 is 1.17 bits per heavy atom. The standard InChI is InChI=1S/C9H14O2Si/c1-2-8-12(10,11)9-6-4-3-5-7-9/h3-7,10-11H,2,8H2,1H3. The Labute approximate surface area is 73.7 Å². The lowest BCUT2D eigenvalue weighted by atomic mass is 10.4. The molecule has 12 heavy (non-hydrogen) atoms. The maximum absolute atomic E-state index is 9.68. The molecule has 0 saturated heterocycles. The molecule has 1 rings (SSSR count). The first-order chi connectivity index (χ1) is 5.67. The third-order valence-electron chi connectivity index (χ3n) is 1.83. The topological polar surface area (TPSA) is 40.5 Å². The molecule has 66 valence electrons. The second-order valence-corrected chi connectivity index (χ2v) is 5.64. The first-order valence-electron chi connectivity index (χ1n) is 4.17. The van der Waals surface area contributed by atoms with Gasteiger partial charge in [0, 0.05) is 0 Å². The number of rotatable bonds is 3. The Hall–Kier alpha value is -0.643. The summed E-state index contributed by atoms with van der Waals surface area (Å²) in [6, 6.07) is 9.61. The van der Waals surface area contributed by atoms with Crippen LogP contribution in [0.5, 0.6) is 0 Å². The Balaban J connectivity index is 2.82. The lowest BCUT2D eigenvalue weighted by Gasteiger charge is -2.16. The van der Waals surface area contributed by atoms with Gasteiger partial charge >= 0.3 is 8.56 Å². The minimum Gasteiger partial charge on any atom is -0.407 e. The minimum atomic E-state index is -3.08. The highest BCUT2D eigenvalue weighted by molar-refractivity contribution is 6.78. The molecule has 2 N–H and O–H groups in total. The van der Waals surface area contributed by atoms with Crippen LogP contribution in [0.25, 0.3) is 0 Å². The summed E-state index contributed by atoms with van der Waals surface area (Å²) in [5.74, 6) is 0. The molecule has 1 aromatic rings. The van der Waals surface area contributed by atoms with Gasteiger partial charge in [-0.3, -0.25) is 0 Å². The Bertz CT molecular complexity index is 234. The molecule has 0 aromatic heterocycles. The van der Waals surface area contributed by atoms with Crippen LogP contribution in [0.4, 0.5) is 0 Å². The third-order valence-corrected chi connectivity index (χ3v) is 4.29. The summed E-state index contributed by atoms with van der Waals surface area (Å²) < 4.78 is 0. The second-order valence-electron chi connectivity index (χ2n) is 2.93. The molecular formula is C9H14O2Si. The molecule has 0 aliphatic heterocycles. The van der Waals surface area contributed by atoms with Gasteiger partial charge in [0.25, 0.3) is 0 Å². The van der Waals surface area contributed by atoms with Gasteiger partial charge in [-0.25, -0.2) is 0 Å². The van der Waals surface area contributed by atoms with E-state index in [9.17, 15) is 9.59 Å². The van der Waals surface area contributed by atoms with Gasteiger partial charge in [-0.15, -0.1) is 0 Å². The Kier molecular flexibility index (Phi) is 3.03. The molecule has 0 saturated carbocycles. The van der Waals surface area contributed by atoms with Gasteiger partial charge in [-0.05, 0) is 11.2 Å². The predicted octanol–water partition coefficient (Wildman–Crippen LogP) is 0.730. The summed E-state index contributed by atoms with van der Waals surface area (Å²) in [7, 11) is -3.08. The van der Waals surface area contributed by atoms with Crippen LogP contribution in [0.15, 0.2) is 30.3 Å². The second kappa shape index (κ2) is 3.84. The summed E-state index contributed by atoms with van der Waals surface area (Å²) in [6.45, 7) is 1.96. The summed E-state index contributed by atoms with van der Waals surface area (Å²) in [5.41, 5.74) is 0. The molecule has 0 radical (unpaired) electrons. The van der Waals surface area contributed by atoms with Gasteiger partial charge in [0.15, 0.2) is 0 Å². The molecule has 0 unspecified atom stereocenters. The van der Waals surface area contributed by atoms with Crippen LogP contribution in [0.2, 0.25) is 6.04 Å². The highest BCUT2D eigenvalue weighted by Crippen LogP contribution is 2.04. The van der Waals surface area contributed by atoms with E-state index in [0.717, 1.165) is 6.42 Å². The van der Waals surface area contributed by atoms with Crippen molar-refractivity contribution in [1.82, 2.24) is 0 Å². The van der Waals surface area contributed by atoms with Gasteiger partial charge in [-0.2, -0.15) is 0 Å². The van der Waals surface area contributed by atoms with Crippen LogP contribution >= 0.6 is 0 Å². The average molecular weight is 182 g/mol. The molecule has 3 heteroatoms. The van der Waals surface area contributed by atoms with E-state index in [1.807, 2.05) is 25.1 Å². The predicted molar refractivity (Wildman–Crippen MR) is 51.4 cm³/mol. The Morgan fingerprint density at radius 2 is 1.75 bits per heavy atom. The smallest absolute Gasteiger partial charge is 0.367 e. The minimum absolute atomic E-state index is 0.511. The zero-order valence-electron chi connectivity index (χ0n) is 7.20. The van der Waals surface area contributed by atoms with E-state index in [1.165, 1.54) is 0 Å². The number of benzene rings is 1. The van der Waals surface area contributed by atoms with E-state index < -0.39 is 8.56 Å². The molecule has 1 aromatic carbocycles. The summed E-state index contributed by atoms with van der Waals surface area (Å²) in [4.78, 5) is 19.4. The fraction of sp³-hybridized carbons (Fsp3) is 0.333. The van der Waals surface area contributed by atoms with Crippen molar-refractivity contribution in [3.8, 4) is 0 Å². The molecular weight excluding hydrogens is 168 g/mol. The van der Waals surface area contributed by atoms with E-state index >= 15 is 0 Å². The molecule has 0 aliphatic carbocycles. The maximum atomic E-state index is 9.68. The van der Waals surface area contributed by atoms with E-state index in [1.54, 1.807) is 12.1 Å². The molecule has 0 heterocycles. The quantitative estimate of drug-likeness (QED) is 0.677. The summed E-state index contributed by atoms with van der Waals surface area (Å²) >= 11 is 0. The van der Waals surface area contributed by atoms with Gasteiger partial charge in [0.1, 0.15) is 0 Å². The van der Waals surface area contributed by atoms with Gasteiger partial charge < -0.3 is 9.59 Å². The SMILES string of the molecule is CCC[Si](O)(O)c1ccccc1. The van der Waals surface area contributed by atoms with Gasteiger partial charge in [0.05, 0.1) is 0 Å². The summed E-state index contributed by atoms with van der Waals surface area (Å²) in [5, 5.41) is 0.701. The van der Waals surface area contributed by atoms with Crippen LogP contribution in [0, 0.1) is 0 Å². The van der Waals surface area contributed by atoms with E-state index in [0.29, 0.717) is 11.2 Å². The summed E-state index contributed by atoms with van der Waals surface area (Å²) in [6.07, 6.45) is 0.814. The van der Waals surface area contributed by atoms with Crippen LogP contribution in [-0.2, 0) is 0 Å².